The van der Waals surface area contributed by atoms with Crippen LogP contribution in [0.3, 0.4) is 0 Å². The van der Waals surface area contributed by atoms with Gasteiger partial charge in [0.1, 0.15) is 0 Å². The molecule has 8 nitrogen and oxygen atoms in total. The van der Waals surface area contributed by atoms with Crippen LogP contribution in [0, 0.1) is 0 Å². The summed E-state index contributed by atoms with van der Waals surface area (Å²) in [5, 5.41) is 0. The van der Waals surface area contributed by atoms with Gasteiger partial charge in [-0.3, -0.25) is 0 Å². The third-order valence-electron chi connectivity index (χ3n) is 5.29. The first-order valence-electron chi connectivity index (χ1n) is 9.05. The van der Waals surface area contributed by atoms with Crippen molar-refractivity contribution in [3.8, 4) is 0 Å². The molecule has 0 atom stereocenters. The summed E-state index contributed by atoms with van der Waals surface area (Å²) < 4.78 is 0. The summed E-state index contributed by atoms with van der Waals surface area (Å²) in [7, 11) is 0. The first kappa shape index (κ1) is 19.6. The molecule has 9 heteroatoms. The molecule has 0 N–H and O–H groups in total. The largest absolute Gasteiger partial charge is 2.00 e. The predicted molar refractivity (Wildman–Crippen MR) is 109 cm³/mol. The molecule has 29 heavy (non-hydrogen) atoms. The van der Waals surface area contributed by atoms with Crippen molar-refractivity contribution < 1.29 is 21.1 Å². The van der Waals surface area contributed by atoms with Crippen LogP contribution in [0.2, 0.25) is 0 Å². The molecular weight excluding hydrogens is 547 g/mol. The maximum absolute atomic E-state index is 4.65. The van der Waals surface area contributed by atoms with Crippen LogP contribution in [0.5, 0.6) is 0 Å². The zero-order valence-electron chi connectivity index (χ0n) is 16.4. The van der Waals surface area contributed by atoms with Crippen LogP contribution in [0.15, 0.2) is 56.7 Å². The van der Waals surface area contributed by atoms with Gasteiger partial charge < -0.3 is 29.9 Å². The third kappa shape index (κ3) is 3.21. The summed E-state index contributed by atoms with van der Waals surface area (Å²) in [6, 6.07) is 0. The molecule has 0 fully saturated rings. The number of aliphatic imine (C=N–C) groups is 4. The number of fused-ring (bicyclic) bond motifs is 6. The van der Waals surface area contributed by atoms with E-state index in [4.69, 9.17) is 0 Å². The number of aromatic nitrogens is 4. The molecule has 5 rings (SSSR count). The fourth-order valence-corrected chi connectivity index (χ4v) is 3.27. The number of allylic oxidation sites excluding steroid dienone is 2. The monoisotopic (exact) mass is 565 g/mol. The third-order valence-corrected chi connectivity index (χ3v) is 5.29. The molecule has 2 aromatic rings. The number of imidazole rings is 2. The van der Waals surface area contributed by atoms with Crippen molar-refractivity contribution in [2.45, 2.75) is 38.5 Å². The molecule has 0 aliphatic carbocycles. The van der Waals surface area contributed by atoms with Crippen LogP contribution in [0.1, 0.15) is 39.1 Å². The van der Waals surface area contributed by atoms with Gasteiger partial charge in [0, 0.05) is 22.7 Å². The number of nitrogens with zero attached hydrogens (tertiary/aromatic N) is 8. The van der Waals surface area contributed by atoms with E-state index >= 15 is 0 Å². The molecule has 0 radical (unpaired) electrons. The summed E-state index contributed by atoms with van der Waals surface area (Å²) in [5.41, 5.74) is 2.42. The fraction of sp³-hybridized carbons (Fsp3) is 0.300. The first-order chi connectivity index (χ1) is 13.3. The first-order valence-corrected chi connectivity index (χ1v) is 9.05. The Bertz CT molecular complexity index is 1070. The average molecular weight is 565 g/mol. The van der Waals surface area contributed by atoms with Crippen molar-refractivity contribution in [3.63, 3.8) is 0 Å². The van der Waals surface area contributed by atoms with Gasteiger partial charge in [-0.15, -0.1) is 0 Å². The van der Waals surface area contributed by atoms with Gasteiger partial charge in [-0.05, 0) is 75.8 Å². The van der Waals surface area contributed by atoms with Crippen molar-refractivity contribution >= 4 is 35.0 Å². The molecule has 0 spiro atoms. The van der Waals surface area contributed by atoms with Crippen LogP contribution < -0.4 is 9.97 Å². The molecular formula is C20H18N8Pt. The van der Waals surface area contributed by atoms with Crippen molar-refractivity contribution in [2.24, 2.45) is 20.0 Å². The number of amidine groups is 2. The Morgan fingerprint density at radius 3 is 1.45 bits per heavy atom. The van der Waals surface area contributed by atoms with E-state index < -0.39 is 10.8 Å². The summed E-state index contributed by atoms with van der Waals surface area (Å²) in [4.78, 5) is 36.2. The van der Waals surface area contributed by atoms with Gasteiger partial charge in [0.25, 0.3) is 0 Å². The Labute approximate surface area is 182 Å². The minimum Gasteiger partial charge on any atom is -0.366 e. The maximum atomic E-state index is 4.65. The van der Waals surface area contributed by atoms with E-state index in [0.29, 0.717) is 23.6 Å². The number of hydrogen-bond acceptors (Lipinski definition) is 6. The summed E-state index contributed by atoms with van der Waals surface area (Å²) in [5.74, 6) is 1.93. The zero-order valence-corrected chi connectivity index (χ0v) is 18.6. The van der Waals surface area contributed by atoms with Crippen molar-refractivity contribution in [1.82, 2.24) is 19.9 Å². The predicted octanol–water partition coefficient (Wildman–Crippen LogP) is 2.74. The Morgan fingerprint density at radius 2 is 1.03 bits per heavy atom. The Hall–Kier alpha value is -2.73. The summed E-state index contributed by atoms with van der Waals surface area (Å²) in [6.45, 7) is 8.20. The van der Waals surface area contributed by atoms with Gasteiger partial charge in [0.2, 0.25) is 0 Å². The van der Waals surface area contributed by atoms with Gasteiger partial charge in [-0.1, -0.05) is 0 Å². The molecule has 3 aliphatic heterocycles. The van der Waals surface area contributed by atoms with Gasteiger partial charge in [-0.25, -0.2) is 9.98 Å². The summed E-state index contributed by atoms with van der Waals surface area (Å²) >= 11 is 0. The molecule has 0 unspecified atom stereocenters. The minimum absolute atomic E-state index is 0. The van der Waals surface area contributed by atoms with Crippen LogP contribution in [-0.4, -0.2) is 33.1 Å². The number of rotatable bonds is 0. The molecule has 0 aromatic carbocycles. The quantitative estimate of drug-likeness (QED) is 0.490. The van der Waals surface area contributed by atoms with Crippen LogP contribution in [0.25, 0.3) is 0 Å². The standard InChI is InChI=1S/C20H18N8.Pt/c1-19(2)11-5-7-15(23-11)27-18-22-10-14(26-18)20(3,4)12-6-8-16(24-12)28-17-21-9-13(19)25-17;/h5-10H,1-4H3;/q-2;+2/b27-15-,28-16-;. The van der Waals surface area contributed by atoms with Crippen molar-refractivity contribution in [2.75, 3.05) is 0 Å². The van der Waals surface area contributed by atoms with Crippen LogP contribution in [0.4, 0.5) is 11.9 Å². The second-order valence-corrected chi connectivity index (χ2v) is 7.96. The molecule has 5 heterocycles. The fourth-order valence-electron chi connectivity index (χ4n) is 3.27. The minimum atomic E-state index is -0.434. The molecule has 3 aliphatic rings. The van der Waals surface area contributed by atoms with E-state index in [1.807, 2.05) is 24.3 Å². The van der Waals surface area contributed by atoms with Crippen molar-refractivity contribution in [1.29, 1.82) is 0 Å². The van der Waals surface area contributed by atoms with E-state index in [1.54, 1.807) is 12.4 Å². The van der Waals surface area contributed by atoms with Gasteiger partial charge in [0.15, 0.2) is 0 Å². The van der Waals surface area contributed by atoms with E-state index in [9.17, 15) is 0 Å². The molecule has 2 aromatic heterocycles. The van der Waals surface area contributed by atoms with E-state index in [0.717, 1.165) is 22.8 Å². The SMILES string of the molecule is CC1(C)C2=N/C(=N\c3ncc([n-]3)C(C)(C)C3=N/C(=N\c4ncc1[n-]4)C=C3)C=C2.[Pt+2]. The topological polar surface area (TPSA) is 103 Å². The Balaban J connectivity index is 0.00000205. The second-order valence-electron chi connectivity index (χ2n) is 7.96. The van der Waals surface area contributed by atoms with Crippen LogP contribution >= 0.6 is 0 Å². The Morgan fingerprint density at radius 1 is 0.621 bits per heavy atom. The normalized spacial score (nSPS) is 24.1. The summed E-state index contributed by atoms with van der Waals surface area (Å²) in [6.07, 6.45) is 11.1. The molecule has 0 saturated carbocycles. The van der Waals surface area contributed by atoms with Crippen LogP contribution in [-0.2, 0) is 31.9 Å². The van der Waals surface area contributed by atoms with Gasteiger partial charge in [0.05, 0.1) is 23.1 Å². The van der Waals surface area contributed by atoms with Crippen molar-refractivity contribution in [3.05, 3.63) is 48.1 Å². The smallest absolute Gasteiger partial charge is 0.366 e. The van der Waals surface area contributed by atoms with E-state index in [2.05, 4.69) is 67.6 Å². The Kier molecular flexibility index (Phi) is 4.50. The maximum Gasteiger partial charge on any atom is 2.00 e. The molecule has 8 bridgehead atoms. The molecule has 0 amide bonds. The van der Waals surface area contributed by atoms with E-state index in [1.165, 1.54) is 0 Å². The molecule has 148 valence electrons. The zero-order chi connectivity index (χ0) is 19.5. The number of hydrogen-bond donors (Lipinski definition) is 0. The average Bonchev–Trinajstić information content (AvgIpc) is 3.42. The second kappa shape index (κ2) is 6.66. The van der Waals surface area contributed by atoms with Gasteiger partial charge in [-0.2, -0.15) is 0 Å². The van der Waals surface area contributed by atoms with Gasteiger partial charge >= 0.3 is 21.1 Å². The van der Waals surface area contributed by atoms with E-state index in [-0.39, 0.29) is 21.1 Å². The molecule has 0 saturated heterocycles.